The Labute approximate surface area is 170 Å². The number of hydrogen-bond donors (Lipinski definition) is 0. The zero-order valence-electron chi connectivity index (χ0n) is 15.9. The van der Waals surface area contributed by atoms with Crippen LogP contribution in [0, 0.1) is 5.82 Å². The molecule has 28 heavy (non-hydrogen) atoms. The first kappa shape index (κ1) is 20.4. The normalized spacial score (nSPS) is 15.3. The summed E-state index contributed by atoms with van der Waals surface area (Å²) >= 11 is 0. The summed E-state index contributed by atoms with van der Waals surface area (Å²) in [6.45, 7) is 5.75. The van der Waals surface area contributed by atoms with E-state index in [2.05, 4.69) is 11.0 Å². The van der Waals surface area contributed by atoms with Crippen LogP contribution in [0.1, 0.15) is 19.1 Å². The van der Waals surface area contributed by atoms with Crippen LogP contribution in [-0.2, 0) is 11.3 Å². The molecule has 0 unspecified atom stereocenters. The summed E-state index contributed by atoms with van der Waals surface area (Å²) in [5.41, 5.74) is 2.67. The summed E-state index contributed by atoms with van der Waals surface area (Å²) in [5.74, 6) is 0.824. The van der Waals surface area contributed by atoms with Crippen LogP contribution >= 0.6 is 12.4 Å². The largest absolute Gasteiger partial charge is 0.460 e. The molecule has 0 N–H and O–H groups in total. The maximum Gasteiger partial charge on any atom is 0.219 e. The zero-order chi connectivity index (χ0) is 18.8. The average molecular weight is 403 g/mol. The van der Waals surface area contributed by atoms with Crippen molar-refractivity contribution in [1.29, 1.82) is 0 Å². The van der Waals surface area contributed by atoms with E-state index in [4.69, 9.17) is 4.42 Å². The van der Waals surface area contributed by atoms with E-state index in [9.17, 15) is 9.18 Å². The Morgan fingerprint density at radius 3 is 2.64 bits per heavy atom. The fraction of sp³-hybridized carbons (Fsp3) is 0.318. The van der Waals surface area contributed by atoms with Gasteiger partial charge in [-0.1, -0.05) is 18.2 Å². The number of rotatable bonds is 3. The molecule has 6 heteroatoms. The molecule has 0 aliphatic carbocycles. The molecular weight excluding hydrogens is 379 g/mol. The molecule has 1 saturated heterocycles. The number of furan rings is 1. The molecule has 0 spiro atoms. The van der Waals surface area contributed by atoms with Crippen molar-refractivity contribution in [2.45, 2.75) is 19.9 Å². The van der Waals surface area contributed by atoms with E-state index in [1.807, 2.05) is 29.2 Å². The maximum absolute atomic E-state index is 13.5. The molecule has 1 amide bonds. The summed E-state index contributed by atoms with van der Waals surface area (Å²) in [6, 6.07) is 14.6. The Kier molecular flexibility index (Phi) is 6.37. The third-order valence-corrected chi connectivity index (χ3v) is 5.14. The van der Waals surface area contributed by atoms with Crippen molar-refractivity contribution in [3.8, 4) is 11.1 Å². The Hall–Kier alpha value is -2.37. The maximum atomic E-state index is 13.5. The fourth-order valence-corrected chi connectivity index (χ4v) is 3.69. The summed E-state index contributed by atoms with van der Waals surface area (Å²) in [7, 11) is 0. The highest BCUT2D eigenvalue weighted by atomic mass is 35.5. The van der Waals surface area contributed by atoms with Gasteiger partial charge in [-0.25, -0.2) is 4.39 Å². The summed E-state index contributed by atoms with van der Waals surface area (Å²) in [4.78, 5) is 15.8. The van der Waals surface area contributed by atoms with Gasteiger partial charge in [0.25, 0.3) is 0 Å². The first-order valence-electron chi connectivity index (χ1n) is 9.35. The third kappa shape index (κ3) is 4.54. The molecule has 1 aliphatic rings. The average Bonchev–Trinajstić information content (AvgIpc) is 2.89. The van der Waals surface area contributed by atoms with Crippen LogP contribution in [0.15, 0.2) is 52.9 Å². The van der Waals surface area contributed by atoms with Crippen molar-refractivity contribution in [3.05, 3.63) is 60.1 Å². The minimum atomic E-state index is -0.235. The number of nitrogens with zero attached hydrogens (tertiary/aromatic N) is 2. The van der Waals surface area contributed by atoms with Crippen LogP contribution < -0.4 is 0 Å². The first-order valence-corrected chi connectivity index (χ1v) is 9.35. The van der Waals surface area contributed by atoms with E-state index in [0.29, 0.717) is 0 Å². The van der Waals surface area contributed by atoms with Crippen molar-refractivity contribution in [1.82, 2.24) is 9.80 Å². The van der Waals surface area contributed by atoms with Gasteiger partial charge in [0.15, 0.2) is 0 Å². The van der Waals surface area contributed by atoms with Gasteiger partial charge in [0.05, 0.1) is 6.54 Å². The van der Waals surface area contributed by atoms with E-state index in [1.165, 1.54) is 6.07 Å². The molecule has 2 heterocycles. The van der Waals surface area contributed by atoms with Gasteiger partial charge in [-0.3, -0.25) is 9.69 Å². The monoisotopic (exact) mass is 402 g/mol. The summed E-state index contributed by atoms with van der Waals surface area (Å²) < 4.78 is 19.5. The number of benzene rings is 2. The number of halogens is 2. The SMILES string of the molecule is CC(=O)N1CCCN(Cc2cc3cc(-c4cccc(F)c4)ccc3o2)CC1.Cl. The van der Waals surface area contributed by atoms with Crippen LogP contribution in [0.2, 0.25) is 0 Å². The topological polar surface area (TPSA) is 36.7 Å². The molecule has 0 bridgehead atoms. The van der Waals surface area contributed by atoms with Gasteiger partial charge < -0.3 is 9.32 Å². The summed E-state index contributed by atoms with van der Waals surface area (Å²) in [5, 5.41) is 1.02. The molecule has 2 aromatic carbocycles. The quantitative estimate of drug-likeness (QED) is 0.636. The van der Waals surface area contributed by atoms with Gasteiger partial charge in [0, 0.05) is 38.5 Å². The molecule has 1 fully saturated rings. The van der Waals surface area contributed by atoms with Crippen molar-refractivity contribution in [2.75, 3.05) is 26.2 Å². The van der Waals surface area contributed by atoms with Crippen LogP contribution in [0.4, 0.5) is 4.39 Å². The Morgan fingerprint density at radius 2 is 1.86 bits per heavy atom. The van der Waals surface area contributed by atoms with Crippen LogP contribution in [0.5, 0.6) is 0 Å². The smallest absolute Gasteiger partial charge is 0.219 e. The van der Waals surface area contributed by atoms with Gasteiger partial charge in [0.1, 0.15) is 17.2 Å². The number of fused-ring (bicyclic) bond motifs is 1. The lowest BCUT2D eigenvalue weighted by Crippen LogP contribution is -2.33. The molecule has 0 atom stereocenters. The van der Waals surface area contributed by atoms with E-state index in [1.54, 1.807) is 19.1 Å². The molecular formula is C22H24ClFN2O2. The second-order valence-corrected chi connectivity index (χ2v) is 7.11. The van der Waals surface area contributed by atoms with Crippen molar-refractivity contribution >= 4 is 29.3 Å². The molecule has 0 saturated carbocycles. The molecule has 1 aliphatic heterocycles. The molecule has 3 aromatic rings. The van der Waals surface area contributed by atoms with Crippen molar-refractivity contribution in [2.24, 2.45) is 0 Å². The molecule has 1 aromatic heterocycles. The zero-order valence-corrected chi connectivity index (χ0v) is 16.7. The number of carbonyl (C=O) groups excluding carboxylic acids is 1. The fourth-order valence-electron chi connectivity index (χ4n) is 3.69. The van der Waals surface area contributed by atoms with E-state index in [-0.39, 0.29) is 24.1 Å². The molecule has 0 radical (unpaired) electrons. The minimum Gasteiger partial charge on any atom is -0.460 e. The Morgan fingerprint density at radius 1 is 1.04 bits per heavy atom. The van der Waals surface area contributed by atoms with Crippen LogP contribution in [0.25, 0.3) is 22.1 Å². The van der Waals surface area contributed by atoms with Gasteiger partial charge in [-0.05, 0) is 47.9 Å². The third-order valence-electron chi connectivity index (χ3n) is 5.14. The van der Waals surface area contributed by atoms with Crippen LogP contribution in [-0.4, -0.2) is 41.9 Å². The molecule has 4 rings (SSSR count). The number of carbonyl (C=O) groups is 1. The summed E-state index contributed by atoms with van der Waals surface area (Å²) in [6.07, 6.45) is 0.976. The van der Waals surface area contributed by atoms with Gasteiger partial charge in [-0.2, -0.15) is 0 Å². The Bertz CT molecular complexity index is 972. The lowest BCUT2D eigenvalue weighted by molar-refractivity contribution is -0.128. The van der Waals surface area contributed by atoms with Crippen molar-refractivity contribution < 1.29 is 13.6 Å². The highest BCUT2D eigenvalue weighted by Crippen LogP contribution is 2.27. The first-order chi connectivity index (χ1) is 13.1. The number of hydrogen-bond acceptors (Lipinski definition) is 3. The predicted molar refractivity (Wildman–Crippen MR) is 111 cm³/mol. The van der Waals surface area contributed by atoms with E-state index >= 15 is 0 Å². The van der Waals surface area contributed by atoms with E-state index < -0.39 is 0 Å². The van der Waals surface area contributed by atoms with Gasteiger partial charge >= 0.3 is 0 Å². The van der Waals surface area contributed by atoms with Crippen LogP contribution in [0.3, 0.4) is 0 Å². The lowest BCUT2D eigenvalue weighted by atomic mass is 10.0. The lowest BCUT2D eigenvalue weighted by Gasteiger charge is -2.20. The van der Waals surface area contributed by atoms with Crippen molar-refractivity contribution in [3.63, 3.8) is 0 Å². The molecule has 148 valence electrons. The van der Waals surface area contributed by atoms with E-state index in [0.717, 1.165) is 67.0 Å². The number of amides is 1. The second-order valence-electron chi connectivity index (χ2n) is 7.11. The molecule has 4 nitrogen and oxygen atoms in total. The minimum absolute atomic E-state index is 0. The van der Waals surface area contributed by atoms with Gasteiger partial charge in [-0.15, -0.1) is 12.4 Å². The second kappa shape index (κ2) is 8.76. The predicted octanol–water partition coefficient (Wildman–Crippen LogP) is 4.71. The Balaban J connectivity index is 0.00000225. The van der Waals surface area contributed by atoms with Gasteiger partial charge in [0.2, 0.25) is 5.91 Å². The standard InChI is InChI=1S/C22H23FN2O2.ClH/c1-16(26)25-9-3-8-24(10-11-25)15-21-14-19-12-18(6-7-22(19)27-21)17-4-2-5-20(23)13-17;/h2,4-7,12-14H,3,8-11,15H2,1H3;1H. The highest BCUT2D eigenvalue weighted by Gasteiger charge is 2.18. The highest BCUT2D eigenvalue weighted by molar-refractivity contribution is 5.85.